The van der Waals surface area contributed by atoms with Crippen molar-refractivity contribution >= 4 is 56.9 Å². The lowest BCUT2D eigenvalue weighted by molar-refractivity contribution is -0.133. The fourth-order valence-corrected chi connectivity index (χ4v) is 2.82. The Balaban J connectivity index is 2.40. The van der Waals surface area contributed by atoms with E-state index in [0.717, 1.165) is 11.8 Å². The molecule has 5 nitrogen and oxygen atoms in total. The van der Waals surface area contributed by atoms with Crippen LogP contribution in [-0.4, -0.2) is 31.6 Å². The van der Waals surface area contributed by atoms with E-state index in [1.165, 1.54) is 6.33 Å². The summed E-state index contributed by atoms with van der Waals surface area (Å²) in [6, 6.07) is 3.49. The van der Waals surface area contributed by atoms with Crippen LogP contribution in [0.1, 0.15) is 0 Å². The molecule has 0 atom stereocenters. The first-order valence-electron chi connectivity index (χ1n) is 4.89. The highest BCUT2D eigenvalue weighted by molar-refractivity contribution is 9.10. The lowest BCUT2D eigenvalue weighted by Crippen LogP contribution is -2.02. The van der Waals surface area contributed by atoms with E-state index in [-0.39, 0.29) is 5.75 Å². The van der Waals surface area contributed by atoms with E-state index in [9.17, 15) is 4.79 Å². The van der Waals surface area contributed by atoms with E-state index in [1.807, 2.05) is 0 Å². The second-order valence-corrected chi connectivity index (χ2v) is 5.91. The quantitative estimate of drug-likeness (QED) is 0.647. The SMILES string of the molecule is O=C(O)CSc1nncn1-c1ccc(Br)c(Cl)c1Cl. The summed E-state index contributed by atoms with van der Waals surface area (Å²) >= 11 is 16.5. The van der Waals surface area contributed by atoms with Gasteiger partial charge < -0.3 is 5.11 Å². The van der Waals surface area contributed by atoms with Crippen LogP contribution < -0.4 is 0 Å². The molecule has 0 radical (unpaired) electrons. The lowest BCUT2D eigenvalue weighted by Gasteiger charge is -2.09. The number of thioether (sulfide) groups is 1. The van der Waals surface area contributed by atoms with Gasteiger partial charge in [-0.05, 0) is 28.1 Å². The zero-order valence-corrected chi connectivity index (χ0v) is 13.1. The van der Waals surface area contributed by atoms with Crippen molar-refractivity contribution in [3.05, 3.63) is 33.0 Å². The number of nitrogens with zero attached hydrogens (tertiary/aromatic N) is 3. The highest BCUT2D eigenvalue weighted by Crippen LogP contribution is 2.35. The summed E-state index contributed by atoms with van der Waals surface area (Å²) in [6.07, 6.45) is 1.45. The fourth-order valence-electron chi connectivity index (χ4n) is 1.32. The first kappa shape index (κ1) is 14.6. The monoisotopic (exact) mass is 381 g/mol. The van der Waals surface area contributed by atoms with Gasteiger partial charge in [0.05, 0.1) is 21.5 Å². The Bertz CT molecular complexity index is 635. The Hall–Kier alpha value is -0.760. The van der Waals surface area contributed by atoms with Crippen LogP contribution in [0.4, 0.5) is 0 Å². The Labute approximate surface area is 131 Å². The molecular formula is C10H6BrCl2N3O2S. The summed E-state index contributed by atoms with van der Waals surface area (Å²) in [4.78, 5) is 10.6. The summed E-state index contributed by atoms with van der Waals surface area (Å²) < 4.78 is 2.27. The zero-order valence-electron chi connectivity index (χ0n) is 9.18. The van der Waals surface area contributed by atoms with E-state index in [0.29, 0.717) is 25.4 Å². The number of carboxylic acids is 1. The van der Waals surface area contributed by atoms with Gasteiger partial charge in [0, 0.05) is 4.47 Å². The van der Waals surface area contributed by atoms with Crippen LogP contribution in [0, 0.1) is 0 Å². The van der Waals surface area contributed by atoms with Crippen LogP contribution in [0.2, 0.25) is 10.0 Å². The van der Waals surface area contributed by atoms with Gasteiger partial charge in [-0.15, -0.1) is 10.2 Å². The molecule has 0 aliphatic heterocycles. The van der Waals surface area contributed by atoms with Crippen molar-refractivity contribution in [1.29, 1.82) is 0 Å². The maximum Gasteiger partial charge on any atom is 0.313 e. The average molecular weight is 383 g/mol. The molecule has 1 N–H and O–H groups in total. The number of aromatic nitrogens is 3. The van der Waals surface area contributed by atoms with E-state index >= 15 is 0 Å². The minimum atomic E-state index is -0.931. The molecule has 1 heterocycles. The predicted molar refractivity (Wildman–Crippen MR) is 77.4 cm³/mol. The molecular weight excluding hydrogens is 377 g/mol. The molecule has 100 valence electrons. The minimum absolute atomic E-state index is 0.111. The molecule has 0 unspecified atom stereocenters. The van der Waals surface area contributed by atoms with Crippen LogP contribution >= 0.6 is 50.9 Å². The largest absolute Gasteiger partial charge is 0.481 e. The molecule has 9 heteroatoms. The lowest BCUT2D eigenvalue weighted by atomic mass is 10.3. The van der Waals surface area contributed by atoms with Gasteiger partial charge in [-0.1, -0.05) is 35.0 Å². The van der Waals surface area contributed by atoms with Crippen molar-refractivity contribution < 1.29 is 9.90 Å². The van der Waals surface area contributed by atoms with Gasteiger partial charge in [0.15, 0.2) is 5.16 Å². The first-order valence-corrected chi connectivity index (χ1v) is 7.42. The third-order valence-electron chi connectivity index (χ3n) is 2.12. The summed E-state index contributed by atoms with van der Waals surface area (Å²) in [5.41, 5.74) is 0.591. The van der Waals surface area contributed by atoms with E-state index < -0.39 is 5.97 Å². The molecule has 0 spiro atoms. The Morgan fingerprint density at radius 2 is 2.16 bits per heavy atom. The number of halogens is 3. The van der Waals surface area contributed by atoms with Gasteiger partial charge in [0.2, 0.25) is 0 Å². The fraction of sp³-hybridized carbons (Fsp3) is 0.100. The average Bonchev–Trinajstić information content (AvgIpc) is 2.82. The number of carbonyl (C=O) groups is 1. The maximum atomic E-state index is 10.6. The first-order chi connectivity index (χ1) is 9.00. The normalized spacial score (nSPS) is 10.7. The third-order valence-corrected chi connectivity index (χ3v) is 4.80. The molecule has 0 saturated heterocycles. The highest BCUT2D eigenvalue weighted by atomic mass is 79.9. The van der Waals surface area contributed by atoms with Gasteiger partial charge in [-0.3, -0.25) is 9.36 Å². The highest BCUT2D eigenvalue weighted by Gasteiger charge is 2.14. The van der Waals surface area contributed by atoms with E-state index in [2.05, 4.69) is 26.1 Å². The van der Waals surface area contributed by atoms with Crippen LogP contribution in [0.15, 0.2) is 28.1 Å². The second kappa shape index (κ2) is 6.13. The molecule has 1 aromatic heterocycles. The second-order valence-electron chi connectivity index (χ2n) is 3.36. The number of aliphatic carboxylic acids is 1. The number of carboxylic acid groups (broad SMARTS) is 1. The van der Waals surface area contributed by atoms with E-state index in [4.69, 9.17) is 28.3 Å². The number of benzene rings is 1. The molecule has 19 heavy (non-hydrogen) atoms. The molecule has 2 aromatic rings. The van der Waals surface area contributed by atoms with Gasteiger partial charge in [0.25, 0.3) is 0 Å². The summed E-state index contributed by atoms with van der Waals surface area (Å²) in [7, 11) is 0. The number of hydrogen-bond acceptors (Lipinski definition) is 4. The van der Waals surface area contributed by atoms with Crippen LogP contribution in [0.5, 0.6) is 0 Å². The molecule has 0 fully saturated rings. The molecule has 0 aliphatic rings. The summed E-state index contributed by atoms with van der Waals surface area (Å²) in [5.74, 6) is -1.04. The van der Waals surface area contributed by atoms with Gasteiger partial charge in [-0.2, -0.15) is 0 Å². The maximum absolute atomic E-state index is 10.6. The summed E-state index contributed by atoms with van der Waals surface area (Å²) in [5, 5.41) is 17.4. The number of hydrogen-bond donors (Lipinski definition) is 1. The van der Waals surface area contributed by atoms with Gasteiger partial charge >= 0.3 is 5.97 Å². The van der Waals surface area contributed by atoms with Crippen molar-refractivity contribution in [3.8, 4) is 5.69 Å². The van der Waals surface area contributed by atoms with Gasteiger partial charge in [-0.25, -0.2) is 0 Å². The van der Waals surface area contributed by atoms with Gasteiger partial charge in [0.1, 0.15) is 6.33 Å². The zero-order chi connectivity index (χ0) is 14.0. The molecule has 2 rings (SSSR count). The Kier molecular flexibility index (Phi) is 4.72. The molecule has 0 amide bonds. The van der Waals surface area contributed by atoms with Crippen molar-refractivity contribution in [1.82, 2.24) is 14.8 Å². The Morgan fingerprint density at radius 3 is 2.84 bits per heavy atom. The van der Waals surface area contributed by atoms with Crippen LogP contribution in [-0.2, 0) is 4.79 Å². The van der Waals surface area contributed by atoms with Crippen molar-refractivity contribution in [2.45, 2.75) is 5.16 Å². The summed E-state index contributed by atoms with van der Waals surface area (Å²) in [6.45, 7) is 0. The Morgan fingerprint density at radius 1 is 1.42 bits per heavy atom. The predicted octanol–water partition coefficient (Wildman–Crippen LogP) is 3.51. The minimum Gasteiger partial charge on any atom is -0.481 e. The van der Waals surface area contributed by atoms with E-state index in [1.54, 1.807) is 16.7 Å². The topological polar surface area (TPSA) is 68.0 Å². The standard InChI is InChI=1S/C10H6BrCl2N3O2S/c11-5-1-2-6(9(13)8(5)12)16-4-14-15-10(16)19-3-7(17)18/h1-2,4H,3H2,(H,17,18). The van der Waals surface area contributed by atoms with Crippen molar-refractivity contribution in [2.24, 2.45) is 0 Å². The molecule has 0 bridgehead atoms. The number of rotatable bonds is 4. The van der Waals surface area contributed by atoms with Crippen molar-refractivity contribution in [3.63, 3.8) is 0 Å². The molecule has 1 aromatic carbocycles. The van der Waals surface area contributed by atoms with Crippen LogP contribution in [0.3, 0.4) is 0 Å². The molecule has 0 aliphatic carbocycles. The molecule has 0 saturated carbocycles. The van der Waals surface area contributed by atoms with Crippen LogP contribution in [0.25, 0.3) is 5.69 Å². The third kappa shape index (κ3) is 3.22. The van der Waals surface area contributed by atoms with Crippen molar-refractivity contribution in [2.75, 3.05) is 5.75 Å². The smallest absolute Gasteiger partial charge is 0.313 e.